The highest BCUT2D eigenvalue weighted by atomic mass is 79.9. The maximum atomic E-state index is 3.62. The molecule has 0 radical (unpaired) electrons. The molecule has 0 aliphatic heterocycles. The minimum absolute atomic E-state index is 0.454. The molecule has 17 heavy (non-hydrogen) atoms. The number of benzene rings is 1. The molecule has 0 aliphatic carbocycles. The Labute approximate surface area is 114 Å². The van der Waals surface area contributed by atoms with Crippen LogP contribution in [-0.2, 0) is 0 Å². The van der Waals surface area contributed by atoms with Crippen molar-refractivity contribution in [3.05, 3.63) is 34.3 Å². The van der Waals surface area contributed by atoms with Crippen LogP contribution in [0.2, 0.25) is 0 Å². The lowest BCUT2D eigenvalue weighted by Crippen LogP contribution is -2.26. The summed E-state index contributed by atoms with van der Waals surface area (Å²) in [4.78, 5) is 2.23. The lowest BCUT2D eigenvalue weighted by Gasteiger charge is -2.21. The Morgan fingerprint density at radius 1 is 1.35 bits per heavy atom. The van der Waals surface area contributed by atoms with Crippen molar-refractivity contribution in [2.75, 3.05) is 27.2 Å². The van der Waals surface area contributed by atoms with Gasteiger partial charge in [-0.25, -0.2) is 0 Å². The molecule has 0 fully saturated rings. The molecule has 0 heterocycles. The predicted molar refractivity (Wildman–Crippen MR) is 78.3 cm³/mol. The third-order valence-electron chi connectivity index (χ3n) is 2.76. The van der Waals surface area contributed by atoms with Gasteiger partial charge in [-0.1, -0.05) is 35.0 Å². The van der Waals surface area contributed by atoms with Crippen LogP contribution in [0.5, 0.6) is 0 Å². The van der Waals surface area contributed by atoms with Gasteiger partial charge in [0.15, 0.2) is 0 Å². The summed E-state index contributed by atoms with van der Waals surface area (Å²) in [7, 11) is 4.25. The van der Waals surface area contributed by atoms with E-state index < -0.39 is 0 Å². The van der Waals surface area contributed by atoms with Crippen molar-refractivity contribution in [3.63, 3.8) is 0 Å². The van der Waals surface area contributed by atoms with E-state index in [1.54, 1.807) is 0 Å². The number of halogens is 1. The first-order chi connectivity index (χ1) is 8.13. The van der Waals surface area contributed by atoms with Gasteiger partial charge in [0.25, 0.3) is 0 Å². The topological polar surface area (TPSA) is 15.3 Å². The molecule has 0 spiro atoms. The zero-order chi connectivity index (χ0) is 12.7. The normalized spacial score (nSPS) is 13.0. The SMILES string of the molecule is CCCNC(CCN(C)C)c1cccc(Br)c1. The first-order valence-electron chi connectivity index (χ1n) is 6.27. The fraction of sp³-hybridized carbons (Fsp3) is 0.571. The Hall–Kier alpha value is -0.380. The second-order valence-electron chi connectivity index (χ2n) is 4.65. The van der Waals surface area contributed by atoms with E-state index in [0.29, 0.717) is 6.04 Å². The lowest BCUT2D eigenvalue weighted by atomic mass is 10.0. The summed E-state index contributed by atoms with van der Waals surface area (Å²) in [6, 6.07) is 9.05. The van der Waals surface area contributed by atoms with Gasteiger partial charge in [-0.3, -0.25) is 0 Å². The summed E-state index contributed by atoms with van der Waals surface area (Å²) >= 11 is 3.54. The van der Waals surface area contributed by atoms with Crippen LogP contribution in [0.25, 0.3) is 0 Å². The Morgan fingerprint density at radius 2 is 2.12 bits per heavy atom. The zero-order valence-corrected chi connectivity index (χ0v) is 12.6. The maximum absolute atomic E-state index is 3.62. The van der Waals surface area contributed by atoms with Gasteiger partial charge in [0.05, 0.1) is 0 Å². The van der Waals surface area contributed by atoms with Gasteiger partial charge >= 0.3 is 0 Å². The standard InChI is InChI=1S/C14H23BrN2/c1-4-9-16-14(8-10-17(2)3)12-6-5-7-13(15)11-12/h5-7,11,14,16H,4,8-10H2,1-3H3. The van der Waals surface area contributed by atoms with Crippen molar-refractivity contribution < 1.29 is 0 Å². The highest BCUT2D eigenvalue weighted by Crippen LogP contribution is 2.21. The molecule has 1 atom stereocenters. The monoisotopic (exact) mass is 298 g/mol. The molecule has 0 amide bonds. The first-order valence-corrected chi connectivity index (χ1v) is 7.06. The summed E-state index contributed by atoms with van der Waals surface area (Å²) in [5, 5.41) is 3.62. The molecular weight excluding hydrogens is 276 g/mol. The van der Waals surface area contributed by atoms with E-state index >= 15 is 0 Å². The van der Waals surface area contributed by atoms with Gasteiger partial charge in [0.1, 0.15) is 0 Å². The molecule has 1 aromatic carbocycles. The molecule has 96 valence electrons. The van der Waals surface area contributed by atoms with Crippen molar-refractivity contribution in [2.24, 2.45) is 0 Å². The fourth-order valence-corrected chi connectivity index (χ4v) is 2.23. The largest absolute Gasteiger partial charge is 0.310 e. The van der Waals surface area contributed by atoms with Crippen molar-refractivity contribution in [2.45, 2.75) is 25.8 Å². The van der Waals surface area contributed by atoms with E-state index in [9.17, 15) is 0 Å². The summed E-state index contributed by atoms with van der Waals surface area (Å²) in [5.41, 5.74) is 1.37. The Morgan fingerprint density at radius 3 is 2.71 bits per heavy atom. The summed E-state index contributed by atoms with van der Waals surface area (Å²) < 4.78 is 1.16. The highest BCUT2D eigenvalue weighted by Gasteiger charge is 2.10. The highest BCUT2D eigenvalue weighted by molar-refractivity contribution is 9.10. The van der Waals surface area contributed by atoms with Crippen molar-refractivity contribution in [1.82, 2.24) is 10.2 Å². The third-order valence-corrected chi connectivity index (χ3v) is 3.25. The fourth-order valence-electron chi connectivity index (χ4n) is 1.82. The zero-order valence-electron chi connectivity index (χ0n) is 11.0. The number of nitrogens with zero attached hydrogens (tertiary/aromatic N) is 1. The number of hydrogen-bond acceptors (Lipinski definition) is 2. The number of rotatable bonds is 7. The van der Waals surface area contributed by atoms with Gasteiger partial charge in [-0.2, -0.15) is 0 Å². The van der Waals surface area contributed by atoms with Crippen LogP contribution in [0.15, 0.2) is 28.7 Å². The quantitative estimate of drug-likeness (QED) is 0.829. The summed E-state index contributed by atoms with van der Waals surface area (Å²) in [6.45, 7) is 4.38. The van der Waals surface area contributed by atoms with E-state index in [1.807, 2.05) is 0 Å². The molecule has 3 heteroatoms. The third kappa shape index (κ3) is 5.66. The van der Waals surface area contributed by atoms with Gasteiger partial charge in [-0.05, 0) is 57.7 Å². The molecule has 0 aliphatic rings. The van der Waals surface area contributed by atoms with Crippen molar-refractivity contribution >= 4 is 15.9 Å². The Balaban J connectivity index is 2.67. The van der Waals surface area contributed by atoms with E-state index in [1.165, 1.54) is 12.0 Å². The van der Waals surface area contributed by atoms with Crippen LogP contribution in [0.3, 0.4) is 0 Å². The second kappa shape index (κ2) is 7.85. The van der Waals surface area contributed by atoms with Crippen LogP contribution in [0.1, 0.15) is 31.4 Å². The molecule has 0 bridgehead atoms. The van der Waals surface area contributed by atoms with Crippen molar-refractivity contribution in [3.8, 4) is 0 Å². The van der Waals surface area contributed by atoms with E-state index in [4.69, 9.17) is 0 Å². The van der Waals surface area contributed by atoms with E-state index in [0.717, 1.165) is 24.0 Å². The lowest BCUT2D eigenvalue weighted by molar-refractivity contribution is 0.361. The van der Waals surface area contributed by atoms with Crippen LogP contribution in [-0.4, -0.2) is 32.1 Å². The Bertz CT molecular complexity index is 326. The van der Waals surface area contributed by atoms with Gasteiger partial charge in [-0.15, -0.1) is 0 Å². The molecule has 1 N–H and O–H groups in total. The second-order valence-corrected chi connectivity index (χ2v) is 5.57. The van der Waals surface area contributed by atoms with E-state index in [2.05, 4.69) is 71.4 Å². The van der Waals surface area contributed by atoms with Gasteiger partial charge < -0.3 is 10.2 Å². The molecule has 1 unspecified atom stereocenters. The van der Waals surface area contributed by atoms with E-state index in [-0.39, 0.29) is 0 Å². The Kier molecular flexibility index (Phi) is 6.78. The van der Waals surface area contributed by atoms with Crippen LogP contribution >= 0.6 is 15.9 Å². The van der Waals surface area contributed by atoms with Crippen molar-refractivity contribution in [1.29, 1.82) is 0 Å². The molecular formula is C14H23BrN2. The number of nitrogens with one attached hydrogen (secondary N) is 1. The first kappa shape index (κ1) is 14.7. The van der Waals surface area contributed by atoms with Gasteiger partial charge in [0, 0.05) is 10.5 Å². The maximum Gasteiger partial charge on any atom is 0.0332 e. The molecule has 1 aromatic rings. The summed E-state index contributed by atoms with van der Waals surface area (Å²) in [5.74, 6) is 0. The van der Waals surface area contributed by atoms with Crippen LogP contribution in [0, 0.1) is 0 Å². The summed E-state index contributed by atoms with van der Waals surface area (Å²) in [6.07, 6.45) is 2.32. The molecule has 0 saturated heterocycles. The van der Waals surface area contributed by atoms with Crippen LogP contribution < -0.4 is 5.32 Å². The molecule has 0 aromatic heterocycles. The molecule has 2 nitrogen and oxygen atoms in total. The predicted octanol–water partition coefficient (Wildman–Crippen LogP) is 3.44. The smallest absolute Gasteiger partial charge is 0.0332 e. The molecule has 0 saturated carbocycles. The minimum atomic E-state index is 0.454. The minimum Gasteiger partial charge on any atom is -0.310 e. The molecule has 1 rings (SSSR count). The average molecular weight is 299 g/mol. The number of hydrogen-bond donors (Lipinski definition) is 1. The van der Waals surface area contributed by atoms with Gasteiger partial charge in [0.2, 0.25) is 0 Å². The van der Waals surface area contributed by atoms with Crippen LogP contribution in [0.4, 0.5) is 0 Å². The average Bonchev–Trinajstić information content (AvgIpc) is 2.29.